The highest BCUT2D eigenvalue weighted by Gasteiger charge is 2.14. The minimum absolute atomic E-state index is 0.0592. The first kappa shape index (κ1) is 11.7. The lowest BCUT2D eigenvalue weighted by molar-refractivity contribution is 0.612. The first-order valence-corrected chi connectivity index (χ1v) is 5.83. The van der Waals surface area contributed by atoms with E-state index in [1.165, 1.54) is 5.56 Å². The van der Waals surface area contributed by atoms with Crippen molar-refractivity contribution in [3.63, 3.8) is 0 Å². The summed E-state index contributed by atoms with van der Waals surface area (Å²) in [4.78, 5) is 4.61. The van der Waals surface area contributed by atoms with Gasteiger partial charge in [-0.1, -0.05) is 18.9 Å². The van der Waals surface area contributed by atoms with Crippen molar-refractivity contribution >= 4 is 11.0 Å². The Hall–Kier alpha value is -1.79. The van der Waals surface area contributed by atoms with Crippen molar-refractivity contribution in [3.8, 4) is 12.3 Å². The molecule has 17 heavy (non-hydrogen) atoms. The van der Waals surface area contributed by atoms with E-state index in [2.05, 4.69) is 43.0 Å². The molecular formula is C14H17N3. The molecule has 0 spiro atoms. The number of nitrogens with zero attached hydrogens (tertiary/aromatic N) is 2. The zero-order valence-electron chi connectivity index (χ0n) is 10.3. The number of benzene rings is 1. The Morgan fingerprint density at radius 2 is 2.29 bits per heavy atom. The quantitative estimate of drug-likeness (QED) is 0.818. The monoisotopic (exact) mass is 227 g/mol. The number of aryl methyl sites for hydroxylation is 1. The molecule has 88 valence electrons. The summed E-state index contributed by atoms with van der Waals surface area (Å²) in [5, 5.41) is 0. The summed E-state index contributed by atoms with van der Waals surface area (Å²) in [7, 11) is 0. The Morgan fingerprint density at radius 1 is 1.53 bits per heavy atom. The number of fused-ring (bicyclic) bond motifs is 1. The van der Waals surface area contributed by atoms with Crippen molar-refractivity contribution in [3.05, 3.63) is 29.6 Å². The molecule has 0 saturated carbocycles. The summed E-state index contributed by atoms with van der Waals surface area (Å²) in [5.74, 6) is 3.54. The van der Waals surface area contributed by atoms with Gasteiger partial charge in [-0.3, -0.25) is 0 Å². The average molecular weight is 227 g/mol. The molecule has 1 atom stereocenters. The molecule has 2 N–H and O–H groups in total. The molecule has 1 unspecified atom stereocenters. The lowest BCUT2D eigenvalue weighted by Crippen LogP contribution is -2.15. The van der Waals surface area contributed by atoms with Gasteiger partial charge in [0.2, 0.25) is 0 Å². The van der Waals surface area contributed by atoms with Gasteiger partial charge >= 0.3 is 0 Å². The molecular weight excluding hydrogens is 210 g/mol. The molecule has 0 aliphatic carbocycles. The van der Waals surface area contributed by atoms with Crippen LogP contribution in [-0.4, -0.2) is 9.55 Å². The summed E-state index contributed by atoms with van der Waals surface area (Å²) in [6.07, 6.45) is 6.27. The normalized spacial score (nSPS) is 12.6. The Labute approximate surface area is 102 Å². The van der Waals surface area contributed by atoms with Gasteiger partial charge in [-0.25, -0.2) is 4.98 Å². The van der Waals surface area contributed by atoms with Crippen molar-refractivity contribution in [1.82, 2.24) is 9.55 Å². The Morgan fingerprint density at radius 3 is 2.94 bits per heavy atom. The van der Waals surface area contributed by atoms with Crippen LogP contribution in [-0.2, 0) is 6.54 Å². The van der Waals surface area contributed by atoms with E-state index in [-0.39, 0.29) is 6.04 Å². The first-order valence-electron chi connectivity index (χ1n) is 5.83. The smallest absolute Gasteiger partial charge is 0.127 e. The highest BCUT2D eigenvalue weighted by atomic mass is 15.1. The van der Waals surface area contributed by atoms with Crippen LogP contribution < -0.4 is 5.73 Å². The average Bonchev–Trinajstić information content (AvgIpc) is 2.67. The fourth-order valence-electron chi connectivity index (χ4n) is 1.98. The Kier molecular flexibility index (Phi) is 3.16. The largest absolute Gasteiger partial charge is 0.321 e. The second-order valence-corrected chi connectivity index (χ2v) is 4.27. The van der Waals surface area contributed by atoms with Crippen LogP contribution in [0, 0.1) is 19.3 Å². The number of rotatable bonds is 3. The van der Waals surface area contributed by atoms with Gasteiger partial charge in [-0.15, -0.1) is 6.42 Å². The van der Waals surface area contributed by atoms with Crippen LogP contribution in [0.2, 0.25) is 0 Å². The predicted octanol–water partition coefficient (Wildman–Crippen LogP) is 2.39. The third-order valence-electron chi connectivity index (χ3n) is 2.95. The lowest BCUT2D eigenvalue weighted by atomic mass is 10.2. The molecule has 0 fully saturated rings. The molecule has 0 bridgehead atoms. The van der Waals surface area contributed by atoms with Crippen molar-refractivity contribution < 1.29 is 0 Å². The number of hydrogen-bond acceptors (Lipinski definition) is 2. The second-order valence-electron chi connectivity index (χ2n) is 4.27. The second kappa shape index (κ2) is 4.60. The molecule has 2 rings (SSSR count). The zero-order chi connectivity index (χ0) is 12.4. The number of nitrogens with two attached hydrogens (primary N) is 1. The van der Waals surface area contributed by atoms with Crippen LogP contribution in [0.4, 0.5) is 0 Å². The standard InChI is InChI=1S/C14H17N3/c1-4-8-17-13-7-6-10(3)9-12(13)16-14(17)11(15)5-2/h1,6-7,9,11H,5,8,15H2,2-3H3. The molecule has 0 radical (unpaired) electrons. The van der Waals surface area contributed by atoms with E-state index in [0.29, 0.717) is 6.54 Å². The maximum Gasteiger partial charge on any atom is 0.127 e. The highest BCUT2D eigenvalue weighted by molar-refractivity contribution is 5.77. The molecule has 0 amide bonds. The van der Waals surface area contributed by atoms with Gasteiger partial charge in [0.25, 0.3) is 0 Å². The SMILES string of the molecule is C#CCn1c(C(N)CC)nc2cc(C)ccc21. The summed E-state index contributed by atoms with van der Waals surface area (Å²) < 4.78 is 2.03. The van der Waals surface area contributed by atoms with Crippen LogP contribution in [0.5, 0.6) is 0 Å². The van der Waals surface area contributed by atoms with Gasteiger partial charge in [0.15, 0.2) is 0 Å². The first-order chi connectivity index (χ1) is 8.17. The number of terminal acetylenes is 1. The maximum atomic E-state index is 6.08. The minimum atomic E-state index is -0.0592. The molecule has 0 aliphatic rings. The van der Waals surface area contributed by atoms with Gasteiger partial charge in [0.1, 0.15) is 5.82 Å². The molecule has 1 aromatic carbocycles. The van der Waals surface area contributed by atoms with Gasteiger partial charge in [-0.05, 0) is 31.0 Å². The van der Waals surface area contributed by atoms with Crippen molar-refractivity contribution in [2.24, 2.45) is 5.73 Å². The zero-order valence-corrected chi connectivity index (χ0v) is 10.3. The van der Waals surface area contributed by atoms with Crippen LogP contribution in [0.15, 0.2) is 18.2 Å². The third kappa shape index (κ3) is 2.04. The van der Waals surface area contributed by atoms with Gasteiger partial charge in [-0.2, -0.15) is 0 Å². The molecule has 0 saturated heterocycles. The predicted molar refractivity (Wildman–Crippen MR) is 70.5 cm³/mol. The van der Waals surface area contributed by atoms with Gasteiger partial charge in [0.05, 0.1) is 23.6 Å². The topological polar surface area (TPSA) is 43.8 Å². The Balaban J connectivity index is 2.66. The van der Waals surface area contributed by atoms with Gasteiger partial charge < -0.3 is 10.3 Å². The number of imidazole rings is 1. The minimum Gasteiger partial charge on any atom is -0.321 e. The number of aromatic nitrogens is 2. The van der Waals surface area contributed by atoms with E-state index in [1.807, 2.05) is 4.57 Å². The molecule has 3 nitrogen and oxygen atoms in total. The lowest BCUT2D eigenvalue weighted by Gasteiger charge is -2.10. The third-order valence-corrected chi connectivity index (χ3v) is 2.95. The molecule has 1 aromatic heterocycles. The fraction of sp³-hybridized carbons (Fsp3) is 0.357. The van der Waals surface area contributed by atoms with E-state index >= 15 is 0 Å². The van der Waals surface area contributed by atoms with E-state index in [0.717, 1.165) is 23.3 Å². The summed E-state index contributed by atoms with van der Waals surface area (Å²) >= 11 is 0. The van der Waals surface area contributed by atoms with Crippen LogP contribution >= 0.6 is 0 Å². The van der Waals surface area contributed by atoms with Crippen LogP contribution in [0.3, 0.4) is 0 Å². The van der Waals surface area contributed by atoms with E-state index in [1.54, 1.807) is 0 Å². The summed E-state index contributed by atoms with van der Waals surface area (Å²) in [5.41, 5.74) is 9.30. The molecule has 0 aliphatic heterocycles. The number of hydrogen-bond donors (Lipinski definition) is 1. The van der Waals surface area contributed by atoms with Gasteiger partial charge in [0, 0.05) is 0 Å². The molecule has 2 aromatic rings. The van der Waals surface area contributed by atoms with E-state index < -0.39 is 0 Å². The van der Waals surface area contributed by atoms with Crippen molar-refractivity contribution in [2.75, 3.05) is 0 Å². The van der Waals surface area contributed by atoms with E-state index in [9.17, 15) is 0 Å². The summed E-state index contributed by atoms with van der Waals surface area (Å²) in [6.45, 7) is 4.62. The maximum absolute atomic E-state index is 6.08. The highest BCUT2D eigenvalue weighted by Crippen LogP contribution is 2.22. The van der Waals surface area contributed by atoms with Crippen LogP contribution in [0.25, 0.3) is 11.0 Å². The molecule has 1 heterocycles. The fourth-order valence-corrected chi connectivity index (χ4v) is 1.98. The Bertz CT molecular complexity index is 575. The van der Waals surface area contributed by atoms with Crippen LogP contribution in [0.1, 0.15) is 30.8 Å². The van der Waals surface area contributed by atoms with E-state index in [4.69, 9.17) is 12.2 Å². The van der Waals surface area contributed by atoms with Crippen molar-refractivity contribution in [2.45, 2.75) is 32.9 Å². The summed E-state index contributed by atoms with van der Waals surface area (Å²) in [6, 6.07) is 6.13. The van der Waals surface area contributed by atoms with Crippen molar-refractivity contribution in [1.29, 1.82) is 0 Å². The molecule has 3 heteroatoms.